The molecule has 136 valence electrons. The van der Waals surface area contributed by atoms with Crippen LogP contribution in [0.2, 0.25) is 10.2 Å². The number of ether oxygens (including phenoxy) is 1. The molecule has 0 aliphatic carbocycles. The number of nitrogens with one attached hydrogen (secondary N) is 1. The highest BCUT2D eigenvalue weighted by atomic mass is 35.5. The van der Waals surface area contributed by atoms with Gasteiger partial charge < -0.3 is 10.1 Å². The van der Waals surface area contributed by atoms with Gasteiger partial charge in [-0.2, -0.15) is 10.2 Å². The van der Waals surface area contributed by atoms with Crippen LogP contribution in [0.5, 0.6) is 0 Å². The summed E-state index contributed by atoms with van der Waals surface area (Å²) >= 11 is 12.0. The highest BCUT2D eigenvalue weighted by Gasteiger charge is 2.18. The molecule has 0 atom stereocenters. The molecule has 0 unspecified atom stereocenters. The minimum absolute atomic E-state index is 0.154. The minimum atomic E-state index is -0.517. The SMILES string of the molecule is CCOC(=O)c1cc(C(=O)NCCCn2nc(C)c(Cl)c2Cl)nn1C. The van der Waals surface area contributed by atoms with Crippen LogP contribution in [-0.4, -0.2) is 44.6 Å². The third-order valence-electron chi connectivity index (χ3n) is 3.43. The van der Waals surface area contributed by atoms with Gasteiger partial charge in [-0.1, -0.05) is 23.2 Å². The van der Waals surface area contributed by atoms with Crippen LogP contribution in [0.15, 0.2) is 6.07 Å². The number of carbonyl (C=O) groups excluding carboxylic acids is 2. The fourth-order valence-corrected chi connectivity index (χ4v) is 2.57. The summed E-state index contributed by atoms with van der Waals surface area (Å²) in [7, 11) is 1.58. The third kappa shape index (κ3) is 4.52. The fraction of sp³-hybridized carbons (Fsp3) is 0.467. The van der Waals surface area contributed by atoms with Crippen LogP contribution in [0.3, 0.4) is 0 Å². The Balaban J connectivity index is 1.87. The molecule has 0 fully saturated rings. The van der Waals surface area contributed by atoms with Crippen molar-refractivity contribution >= 4 is 35.1 Å². The first-order chi connectivity index (χ1) is 11.8. The van der Waals surface area contributed by atoms with E-state index in [1.54, 1.807) is 25.6 Å². The molecule has 0 radical (unpaired) electrons. The lowest BCUT2D eigenvalue weighted by atomic mass is 10.3. The normalized spacial score (nSPS) is 10.8. The van der Waals surface area contributed by atoms with E-state index in [9.17, 15) is 9.59 Å². The van der Waals surface area contributed by atoms with Gasteiger partial charge in [-0.05, 0) is 20.3 Å². The highest BCUT2D eigenvalue weighted by molar-refractivity contribution is 6.41. The highest BCUT2D eigenvalue weighted by Crippen LogP contribution is 2.24. The molecular weight excluding hydrogens is 369 g/mol. The van der Waals surface area contributed by atoms with Crippen LogP contribution in [0.25, 0.3) is 0 Å². The molecule has 0 aliphatic heterocycles. The lowest BCUT2D eigenvalue weighted by molar-refractivity contribution is 0.0513. The molecule has 10 heteroatoms. The quantitative estimate of drug-likeness (QED) is 0.580. The summed E-state index contributed by atoms with van der Waals surface area (Å²) in [6, 6.07) is 1.40. The van der Waals surface area contributed by atoms with E-state index in [2.05, 4.69) is 15.5 Å². The van der Waals surface area contributed by atoms with Gasteiger partial charge in [-0.25, -0.2) is 4.79 Å². The molecule has 25 heavy (non-hydrogen) atoms. The van der Waals surface area contributed by atoms with Crippen LogP contribution < -0.4 is 5.32 Å². The molecule has 1 N–H and O–H groups in total. The number of rotatable bonds is 7. The van der Waals surface area contributed by atoms with Crippen LogP contribution in [0, 0.1) is 6.92 Å². The largest absolute Gasteiger partial charge is 0.461 e. The second kappa shape index (κ2) is 8.35. The number of hydrogen-bond acceptors (Lipinski definition) is 5. The van der Waals surface area contributed by atoms with Gasteiger partial charge in [-0.3, -0.25) is 14.2 Å². The van der Waals surface area contributed by atoms with Gasteiger partial charge >= 0.3 is 5.97 Å². The lowest BCUT2D eigenvalue weighted by Gasteiger charge is -2.04. The number of esters is 1. The number of hydrogen-bond donors (Lipinski definition) is 1. The maximum Gasteiger partial charge on any atom is 0.356 e. The molecule has 8 nitrogen and oxygen atoms in total. The molecule has 0 aliphatic rings. The number of nitrogens with zero attached hydrogens (tertiary/aromatic N) is 4. The topological polar surface area (TPSA) is 91.0 Å². The first-order valence-corrected chi connectivity index (χ1v) is 8.48. The zero-order valence-corrected chi connectivity index (χ0v) is 15.7. The molecule has 0 bridgehead atoms. The molecular formula is C15H19Cl2N5O3. The van der Waals surface area contributed by atoms with Gasteiger partial charge in [-0.15, -0.1) is 0 Å². The average molecular weight is 388 g/mol. The molecule has 2 aromatic rings. The summed E-state index contributed by atoms with van der Waals surface area (Å²) in [5, 5.41) is 11.8. The number of aromatic nitrogens is 4. The Hall–Kier alpha value is -2.06. The van der Waals surface area contributed by atoms with Crippen molar-refractivity contribution in [3.8, 4) is 0 Å². The van der Waals surface area contributed by atoms with E-state index in [1.165, 1.54) is 10.7 Å². The smallest absolute Gasteiger partial charge is 0.356 e. The second-order valence-corrected chi connectivity index (χ2v) is 6.02. The Morgan fingerprint density at radius 1 is 1.32 bits per heavy atom. The predicted molar refractivity (Wildman–Crippen MR) is 93.1 cm³/mol. The zero-order valence-electron chi connectivity index (χ0n) is 14.2. The Morgan fingerprint density at radius 3 is 2.64 bits per heavy atom. The zero-order chi connectivity index (χ0) is 18.6. The van der Waals surface area contributed by atoms with Crippen molar-refractivity contribution in [3.05, 3.63) is 33.3 Å². The Kier molecular flexibility index (Phi) is 6.44. The summed E-state index contributed by atoms with van der Waals surface area (Å²) < 4.78 is 7.82. The second-order valence-electron chi connectivity index (χ2n) is 5.28. The summed E-state index contributed by atoms with van der Waals surface area (Å²) in [5.41, 5.74) is 1.04. The minimum Gasteiger partial charge on any atom is -0.461 e. The third-order valence-corrected chi connectivity index (χ3v) is 4.36. The summed E-state index contributed by atoms with van der Waals surface area (Å²) in [5.74, 6) is -0.885. The summed E-state index contributed by atoms with van der Waals surface area (Å²) in [4.78, 5) is 23.9. The summed E-state index contributed by atoms with van der Waals surface area (Å²) in [6.07, 6.45) is 0.612. The molecule has 1 amide bonds. The van der Waals surface area contributed by atoms with E-state index in [1.807, 2.05) is 0 Å². The molecule has 0 saturated heterocycles. The molecule has 2 aromatic heterocycles. The van der Waals surface area contributed by atoms with Crippen molar-refractivity contribution in [1.82, 2.24) is 24.9 Å². The van der Waals surface area contributed by atoms with Gasteiger partial charge in [0.1, 0.15) is 15.9 Å². The van der Waals surface area contributed by atoms with Crippen molar-refractivity contribution in [2.45, 2.75) is 26.8 Å². The molecule has 2 heterocycles. The van der Waals surface area contributed by atoms with Crippen molar-refractivity contribution in [1.29, 1.82) is 0 Å². The number of halogens is 2. The maximum absolute atomic E-state index is 12.1. The monoisotopic (exact) mass is 387 g/mol. The average Bonchev–Trinajstić information content (AvgIpc) is 3.07. The van der Waals surface area contributed by atoms with E-state index in [-0.39, 0.29) is 23.9 Å². The number of amides is 1. The van der Waals surface area contributed by atoms with Gasteiger partial charge in [0.15, 0.2) is 5.69 Å². The fourth-order valence-electron chi connectivity index (χ4n) is 2.18. The maximum atomic E-state index is 12.1. The van der Waals surface area contributed by atoms with Crippen LogP contribution in [-0.2, 0) is 18.3 Å². The van der Waals surface area contributed by atoms with Crippen molar-refractivity contribution in [3.63, 3.8) is 0 Å². The number of aryl methyl sites for hydroxylation is 3. The van der Waals surface area contributed by atoms with E-state index in [4.69, 9.17) is 27.9 Å². The number of carbonyl (C=O) groups is 2. The lowest BCUT2D eigenvalue weighted by Crippen LogP contribution is -2.25. The van der Waals surface area contributed by atoms with E-state index >= 15 is 0 Å². The standard InChI is InChI=1S/C15H19Cl2N5O3/c1-4-25-15(24)11-8-10(20-21(11)3)14(23)18-6-5-7-22-13(17)12(16)9(2)19-22/h8H,4-7H2,1-3H3,(H,18,23). The van der Waals surface area contributed by atoms with E-state index in [0.29, 0.717) is 35.4 Å². The Bertz CT molecular complexity index is 784. The molecule has 0 aromatic carbocycles. The Morgan fingerprint density at radius 2 is 2.04 bits per heavy atom. The molecule has 0 spiro atoms. The van der Waals surface area contributed by atoms with Crippen LogP contribution in [0.1, 0.15) is 40.0 Å². The first-order valence-electron chi connectivity index (χ1n) is 7.72. The Labute approximate surface area is 155 Å². The van der Waals surface area contributed by atoms with E-state index < -0.39 is 5.97 Å². The summed E-state index contributed by atoms with van der Waals surface area (Å²) in [6.45, 7) is 4.65. The van der Waals surface area contributed by atoms with Crippen molar-refractivity contribution in [2.24, 2.45) is 7.05 Å². The van der Waals surface area contributed by atoms with Crippen LogP contribution >= 0.6 is 23.2 Å². The molecule has 0 saturated carbocycles. The van der Waals surface area contributed by atoms with Crippen LogP contribution in [0.4, 0.5) is 0 Å². The van der Waals surface area contributed by atoms with Gasteiger partial charge in [0, 0.05) is 26.2 Å². The van der Waals surface area contributed by atoms with Gasteiger partial charge in [0.05, 0.1) is 12.3 Å². The van der Waals surface area contributed by atoms with Crippen molar-refractivity contribution < 1.29 is 14.3 Å². The van der Waals surface area contributed by atoms with Gasteiger partial charge in [0.2, 0.25) is 0 Å². The van der Waals surface area contributed by atoms with Gasteiger partial charge in [0.25, 0.3) is 5.91 Å². The molecule has 2 rings (SSSR count). The first kappa shape index (κ1) is 19.3. The van der Waals surface area contributed by atoms with E-state index in [0.717, 1.165) is 0 Å². The predicted octanol–water partition coefficient (Wildman–Crippen LogP) is 2.23. The van der Waals surface area contributed by atoms with Crippen molar-refractivity contribution in [2.75, 3.05) is 13.2 Å².